The third kappa shape index (κ3) is 4.70. The Kier molecular flexibility index (Phi) is 7.65. The molecule has 11 heteroatoms. The number of benzene rings is 2. The van der Waals surface area contributed by atoms with E-state index >= 15 is 4.39 Å². The fraction of sp³-hybridized carbons (Fsp3) is 0.400. The highest BCUT2D eigenvalue weighted by atomic mass is 35.5. The summed E-state index contributed by atoms with van der Waals surface area (Å²) in [6, 6.07) is 11.5. The van der Waals surface area contributed by atoms with E-state index in [0.29, 0.717) is 37.4 Å². The third-order valence-electron chi connectivity index (χ3n) is 6.81. The summed E-state index contributed by atoms with van der Waals surface area (Å²) in [5, 5.41) is 3.64. The molecule has 2 atom stereocenters. The summed E-state index contributed by atoms with van der Waals surface area (Å²) in [5.74, 6) is 0.105. The van der Waals surface area contributed by atoms with Crippen molar-refractivity contribution in [3.63, 3.8) is 0 Å². The van der Waals surface area contributed by atoms with E-state index in [1.165, 1.54) is 14.2 Å². The third-order valence-corrected chi connectivity index (χ3v) is 6.81. The Bertz CT molecular complexity index is 1240. The number of amides is 1. The average Bonchev–Trinajstić information content (AvgIpc) is 2.86. The van der Waals surface area contributed by atoms with Crippen LogP contribution in [-0.4, -0.2) is 67.2 Å². The lowest BCUT2D eigenvalue weighted by Crippen LogP contribution is -2.53. The number of fused-ring (bicyclic) bond motifs is 1. The number of carbonyl (C=O) groups is 1. The van der Waals surface area contributed by atoms with Crippen molar-refractivity contribution in [3.05, 3.63) is 47.8 Å². The summed E-state index contributed by atoms with van der Waals surface area (Å²) < 4.78 is 25.8. The predicted octanol–water partition coefficient (Wildman–Crippen LogP) is 2.93. The van der Waals surface area contributed by atoms with Gasteiger partial charge in [0.05, 0.1) is 20.3 Å². The van der Waals surface area contributed by atoms with E-state index in [1.54, 1.807) is 6.07 Å². The van der Waals surface area contributed by atoms with Gasteiger partial charge in [0, 0.05) is 37.5 Å². The summed E-state index contributed by atoms with van der Waals surface area (Å²) in [4.78, 5) is 26.0. The number of nitrogens with one attached hydrogen (secondary N) is 1. The predicted molar refractivity (Wildman–Crippen MR) is 138 cm³/mol. The highest BCUT2D eigenvalue weighted by molar-refractivity contribution is 5.92. The van der Waals surface area contributed by atoms with Crippen molar-refractivity contribution in [1.29, 1.82) is 0 Å². The molecule has 1 aromatic heterocycles. The maximum absolute atomic E-state index is 15.4. The van der Waals surface area contributed by atoms with Crippen LogP contribution < -0.4 is 25.4 Å². The van der Waals surface area contributed by atoms with Gasteiger partial charge in [-0.2, -0.15) is 4.98 Å². The highest BCUT2D eigenvalue weighted by Crippen LogP contribution is 2.38. The molecule has 36 heavy (non-hydrogen) atoms. The molecule has 1 amide bonds. The number of anilines is 2. The minimum Gasteiger partial charge on any atom is -0.493 e. The van der Waals surface area contributed by atoms with Crippen molar-refractivity contribution in [1.82, 2.24) is 20.2 Å². The summed E-state index contributed by atoms with van der Waals surface area (Å²) in [5.41, 5.74) is 7.35. The number of aromatic nitrogens is 2. The second-order valence-corrected chi connectivity index (χ2v) is 8.83. The maximum atomic E-state index is 15.4. The lowest BCUT2D eigenvalue weighted by molar-refractivity contribution is -0.133. The molecular weight excluding hydrogens is 487 g/mol. The number of hydrogen-bond donors (Lipinski definition) is 2. The molecule has 2 fully saturated rings. The Balaban J connectivity index is 0.00000304. The quantitative estimate of drug-likeness (QED) is 0.515. The van der Waals surface area contributed by atoms with Gasteiger partial charge in [0.25, 0.3) is 0 Å². The van der Waals surface area contributed by atoms with Crippen molar-refractivity contribution in [2.75, 3.05) is 51.0 Å². The van der Waals surface area contributed by atoms with Crippen molar-refractivity contribution in [2.24, 2.45) is 0 Å². The minimum absolute atomic E-state index is 0. The van der Waals surface area contributed by atoms with Gasteiger partial charge in [-0.25, -0.2) is 9.37 Å². The second-order valence-electron chi connectivity index (χ2n) is 8.83. The smallest absolute Gasteiger partial charge is 0.228 e. The van der Waals surface area contributed by atoms with Gasteiger partial charge in [0.15, 0.2) is 17.3 Å². The van der Waals surface area contributed by atoms with Gasteiger partial charge in [-0.05, 0) is 24.6 Å². The molecule has 0 unspecified atom stereocenters. The fourth-order valence-electron chi connectivity index (χ4n) is 4.74. The van der Waals surface area contributed by atoms with Crippen LogP contribution in [-0.2, 0) is 4.79 Å². The minimum atomic E-state index is -0.657. The van der Waals surface area contributed by atoms with Crippen molar-refractivity contribution in [2.45, 2.75) is 24.9 Å². The molecule has 5 rings (SSSR count). The van der Waals surface area contributed by atoms with Gasteiger partial charge in [-0.1, -0.05) is 30.3 Å². The molecule has 3 heterocycles. The second kappa shape index (κ2) is 10.7. The maximum Gasteiger partial charge on any atom is 0.228 e. The number of nitrogens with zero attached hydrogens (tertiary/aromatic N) is 4. The summed E-state index contributed by atoms with van der Waals surface area (Å²) in [6.07, 6.45) is 1.52. The molecule has 0 bridgehead atoms. The molecule has 2 aromatic carbocycles. The number of carbonyl (C=O) groups excluding carboxylic acids is 1. The monoisotopic (exact) mass is 516 g/mol. The van der Waals surface area contributed by atoms with Crippen molar-refractivity contribution < 1.29 is 18.7 Å². The molecule has 2 saturated heterocycles. The largest absolute Gasteiger partial charge is 0.493 e. The van der Waals surface area contributed by atoms with Gasteiger partial charge in [-0.15, -0.1) is 12.4 Å². The number of hydrogen-bond acceptors (Lipinski definition) is 8. The standard InChI is InChI=1S/C25H29FN6O3.ClH/c1-34-19-13-17-22(21(26)23(19)35-2)29-25(30-24(17)27)32-11-10-31(20(33)12-16-8-9-28-16)14-18(32)15-6-4-3-5-7-15;/h3-7,13,16,18,28H,8-12,14H2,1-2H3,(H2,27,29,30);1H/t16-,18+;/m0./s1. The van der Waals surface area contributed by atoms with E-state index in [4.69, 9.17) is 15.2 Å². The Morgan fingerprint density at radius 3 is 2.58 bits per heavy atom. The number of methoxy groups -OCH3 is 2. The van der Waals surface area contributed by atoms with Crippen LogP contribution in [0, 0.1) is 5.82 Å². The highest BCUT2D eigenvalue weighted by Gasteiger charge is 2.34. The summed E-state index contributed by atoms with van der Waals surface area (Å²) >= 11 is 0. The first kappa shape index (κ1) is 25.7. The van der Waals surface area contributed by atoms with Gasteiger partial charge >= 0.3 is 0 Å². The first-order valence-corrected chi connectivity index (χ1v) is 11.7. The van der Waals surface area contributed by atoms with Crippen molar-refractivity contribution in [3.8, 4) is 11.5 Å². The first-order chi connectivity index (χ1) is 17.0. The van der Waals surface area contributed by atoms with Gasteiger partial charge < -0.3 is 30.3 Å². The summed E-state index contributed by atoms with van der Waals surface area (Å²) in [7, 11) is 2.81. The van der Waals surface area contributed by atoms with Crippen LogP contribution in [0.5, 0.6) is 11.5 Å². The van der Waals surface area contributed by atoms with E-state index in [-0.39, 0.29) is 53.2 Å². The van der Waals surface area contributed by atoms with Crippen molar-refractivity contribution >= 4 is 41.0 Å². The molecule has 0 spiro atoms. The Hall–Kier alpha value is -3.37. The molecule has 2 aliphatic heterocycles. The molecule has 3 N–H and O–H groups in total. The molecule has 3 aromatic rings. The molecule has 192 valence electrons. The van der Waals surface area contributed by atoms with Crippen LogP contribution in [0.4, 0.5) is 16.2 Å². The number of ether oxygens (including phenoxy) is 2. The van der Waals surface area contributed by atoms with Gasteiger partial charge in [0.2, 0.25) is 11.9 Å². The lowest BCUT2D eigenvalue weighted by Gasteiger charge is -2.42. The number of piperazine rings is 1. The van der Waals surface area contributed by atoms with Gasteiger partial charge in [-0.3, -0.25) is 4.79 Å². The van der Waals surface area contributed by atoms with E-state index in [1.807, 2.05) is 40.1 Å². The molecular formula is C25H30ClFN6O3. The number of nitrogen functional groups attached to an aromatic ring is 1. The van der Waals surface area contributed by atoms with Crippen LogP contribution in [0.3, 0.4) is 0 Å². The van der Waals surface area contributed by atoms with Gasteiger partial charge in [0.1, 0.15) is 11.3 Å². The topological polar surface area (TPSA) is 106 Å². The molecule has 0 radical (unpaired) electrons. The lowest BCUT2D eigenvalue weighted by atomic mass is 10.00. The van der Waals surface area contributed by atoms with Crippen LogP contribution in [0.15, 0.2) is 36.4 Å². The van der Waals surface area contributed by atoms with Crippen LogP contribution in [0.25, 0.3) is 10.9 Å². The fourth-order valence-corrected chi connectivity index (χ4v) is 4.74. The Morgan fingerprint density at radius 1 is 1.19 bits per heavy atom. The van der Waals surface area contributed by atoms with Crippen LogP contribution in [0.2, 0.25) is 0 Å². The molecule has 0 saturated carbocycles. The Labute approximate surface area is 215 Å². The zero-order valence-electron chi connectivity index (χ0n) is 20.2. The van der Waals surface area contributed by atoms with E-state index in [0.717, 1.165) is 18.5 Å². The normalized spacial score (nSPS) is 19.4. The average molecular weight is 517 g/mol. The summed E-state index contributed by atoms with van der Waals surface area (Å²) in [6.45, 7) is 2.45. The van der Waals surface area contributed by atoms with Crippen LogP contribution in [0.1, 0.15) is 24.4 Å². The number of nitrogens with two attached hydrogens (primary N) is 1. The van der Waals surface area contributed by atoms with E-state index in [9.17, 15) is 4.79 Å². The Morgan fingerprint density at radius 2 is 1.94 bits per heavy atom. The molecule has 0 aliphatic carbocycles. The molecule has 2 aliphatic rings. The van der Waals surface area contributed by atoms with E-state index in [2.05, 4.69) is 15.3 Å². The zero-order chi connectivity index (χ0) is 24.5. The van der Waals surface area contributed by atoms with E-state index < -0.39 is 5.82 Å². The van der Waals surface area contributed by atoms with Crippen LogP contribution >= 0.6 is 12.4 Å². The number of halogens is 2. The first-order valence-electron chi connectivity index (χ1n) is 11.7. The number of rotatable bonds is 6. The zero-order valence-corrected chi connectivity index (χ0v) is 21.1. The molecule has 9 nitrogen and oxygen atoms in total. The SMILES string of the molecule is COc1cc2c(N)nc(N3CCN(C(=O)C[C@@H]4CCN4)C[C@@H]3c3ccccc3)nc2c(F)c1OC.Cl.